The first kappa shape index (κ1) is 108. The first-order valence-corrected chi connectivity index (χ1v) is 47.9. The Morgan fingerprint density at radius 2 is 1.29 bits per heavy atom. The Kier molecular flexibility index (Phi) is 34.3. The fraction of sp³-hybridized carbons (Fsp3) is 0.475. The highest BCUT2D eigenvalue weighted by molar-refractivity contribution is 6.32. The Hall–Kier alpha value is -11.2. The van der Waals surface area contributed by atoms with Crippen LogP contribution in [0.2, 0.25) is 15.1 Å². The average molecular weight is 2050 g/mol. The number of carboxylic acid groups (broad SMARTS) is 1. The number of rotatable bonds is 30. The zero-order valence-electron chi connectivity index (χ0n) is 79.0. The number of aliphatic carboxylic acids is 1. The largest absolute Gasteiger partial charge is 0.508 e. The van der Waals surface area contributed by atoms with Gasteiger partial charge in [-0.3, -0.25) is 43.3 Å². The summed E-state index contributed by atoms with van der Waals surface area (Å²) in [5.41, 5.74) is 15.2. The van der Waals surface area contributed by atoms with E-state index in [0.717, 1.165) is 64.4 Å². The van der Waals surface area contributed by atoms with Gasteiger partial charge in [0.25, 0.3) is 0 Å². The number of hydrogen-bond donors (Lipinski definition) is 20. The zero-order chi connectivity index (χ0) is 103. The Bertz CT molecular complexity index is 5890. The van der Waals surface area contributed by atoms with Crippen LogP contribution in [0.5, 0.6) is 34.5 Å². The van der Waals surface area contributed by atoms with Crippen LogP contribution in [0.15, 0.2) is 127 Å². The van der Waals surface area contributed by atoms with Gasteiger partial charge in [0.1, 0.15) is 71.9 Å². The van der Waals surface area contributed by atoms with Crippen molar-refractivity contribution < 1.29 is 146 Å². The van der Waals surface area contributed by atoms with Gasteiger partial charge in [-0.2, -0.15) is 0 Å². The Balaban J connectivity index is 0.919. The predicted molar refractivity (Wildman–Crippen MR) is 510 cm³/mol. The highest BCUT2D eigenvalue weighted by Crippen LogP contribution is 2.54. The number of nitrogens with one attached hydrogen (secondary N) is 7. The number of ether oxygens (including phenoxy) is 10. The number of amides is 6. The van der Waals surface area contributed by atoms with Crippen molar-refractivity contribution in [2.45, 2.75) is 232 Å². The van der Waals surface area contributed by atoms with Crippen LogP contribution in [0.4, 0.5) is 4.79 Å². The lowest BCUT2D eigenvalue weighted by Crippen LogP contribution is -2.65. The van der Waals surface area contributed by atoms with Crippen molar-refractivity contribution in [3.8, 4) is 56.8 Å². The molecule has 6 amide bonds. The average Bonchev–Trinajstić information content (AvgIpc) is 1.56. The number of phenolic OH excluding ortho intramolecular Hbond substituents is 1. The fourth-order valence-corrected chi connectivity index (χ4v) is 19.4. The molecule has 7 aromatic rings. The number of phenols is 1. The van der Waals surface area contributed by atoms with Gasteiger partial charge in [0.05, 0.1) is 59.4 Å². The molecule has 143 heavy (non-hydrogen) atoms. The molecule has 770 valence electrons. The third-order valence-corrected chi connectivity index (χ3v) is 27.5. The summed E-state index contributed by atoms with van der Waals surface area (Å²) >= 11 is 21.1. The third-order valence-electron chi connectivity index (χ3n) is 26.6. The minimum atomic E-state index is -3.08. The van der Waals surface area contributed by atoms with Crippen molar-refractivity contribution in [1.82, 2.24) is 42.1 Å². The quantitative estimate of drug-likeness (QED) is 0.0163. The van der Waals surface area contributed by atoms with Gasteiger partial charge in [0, 0.05) is 72.9 Å². The number of hydrogen-bond acceptors (Lipinski definition) is 34. The van der Waals surface area contributed by atoms with Gasteiger partial charge in [-0.05, 0) is 201 Å². The van der Waals surface area contributed by atoms with Crippen LogP contribution in [-0.2, 0) is 88.6 Å². The molecule has 22 atom stereocenters. The van der Waals surface area contributed by atoms with E-state index in [9.17, 15) is 70.2 Å². The number of primary amides is 1. The summed E-state index contributed by atoms with van der Waals surface area (Å²) in [6, 6.07) is 19.0. The van der Waals surface area contributed by atoms with Crippen LogP contribution in [0, 0.1) is 11.8 Å². The number of nitrogens with two attached hydrogens (primary N) is 3. The number of carboxylic acids is 1. The van der Waals surface area contributed by atoms with Crippen LogP contribution in [0.3, 0.4) is 0 Å². The molecule has 23 N–H and O–H groups in total. The summed E-state index contributed by atoms with van der Waals surface area (Å²) in [6.45, 7) is 9.89. The molecule has 11 bridgehead atoms. The molecule has 1 aliphatic carbocycles. The van der Waals surface area contributed by atoms with E-state index in [1.807, 2.05) is 36.4 Å². The second-order valence-corrected chi connectivity index (χ2v) is 39.0. The van der Waals surface area contributed by atoms with E-state index in [1.54, 1.807) is 39.8 Å². The van der Waals surface area contributed by atoms with E-state index >= 15 is 28.8 Å². The van der Waals surface area contributed by atoms with Crippen LogP contribution in [-0.4, -0.2) is 265 Å². The molecule has 0 aromatic heterocycles. The number of ketones is 2. The number of aromatic hydroxyl groups is 1. The molecular weight excluding hydrogens is 1930 g/mol. The van der Waals surface area contributed by atoms with Crippen molar-refractivity contribution in [3.63, 3.8) is 0 Å². The number of aliphatic hydroxyl groups excluding tert-OH is 6. The molecule has 0 saturated carbocycles. The maximum atomic E-state index is 17.0. The summed E-state index contributed by atoms with van der Waals surface area (Å²) in [5.74, 6) is -22.5. The molecule has 0 spiro atoms. The van der Waals surface area contributed by atoms with Crippen molar-refractivity contribution in [3.05, 3.63) is 187 Å². The molecule has 3 saturated heterocycles. The smallest absolute Gasteiger partial charge is 0.413 e. The van der Waals surface area contributed by atoms with Crippen molar-refractivity contribution in [2.75, 3.05) is 53.2 Å². The summed E-state index contributed by atoms with van der Waals surface area (Å²) in [7, 11) is 1.17. The lowest BCUT2D eigenvalue weighted by molar-refractivity contribution is -0.334. The molecule has 8 heterocycles. The Morgan fingerprint density at radius 3 is 1.93 bits per heavy atom. The molecule has 8 aliphatic heterocycles. The molecule has 3 fully saturated rings. The summed E-state index contributed by atoms with van der Waals surface area (Å²) < 4.78 is 63.8. The van der Waals surface area contributed by atoms with E-state index in [1.165, 1.54) is 63.4 Å². The second kappa shape index (κ2) is 45.6. The van der Waals surface area contributed by atoms with Gasteiger partial charge >= 0.3 is 18.0 Å². The Labute approximate surface area is 836 Å². The number of Topliss-reactive ketones (excluding diaryl/α,β-unsaturated/α-hetero) is 2. The van der Waals surface area contributed by atoms with E-state index in [-0.39, 0.29) is 65.7 Å². The molecule has 44 heteroatoms. The van der Waals surface area contributed by atoms with Crippen LogP contribution in [0.25, 0.3) is 22.3 Å². The van der Waals surface area contributed by atoms with Gasteiger partial charge in [0.2, 0.25) is 54.2 Å². The lowest BCUT2D eigenvalue weighted by atomic mass is 9.84. The van der Waals surface area contributed by atoms with Crippen LogP contribution < -0.4 is 68.6 Å². The number of esters is 1. The lowest BCUT2D eigenvalue weighted by Gasteiger charge is -2.48. The number of halogens is 3. The summed E-state index contributed by atoms with van der Waals surface area (Å²) in [5, 5.41) is 139. The number of carbonyl (C=O) groups excluding carboxylic acids is 9. The number of likely N-dealkylation sites (N-methyl/N-ethyl adjacent to an activating group) is 1. The normalized spacial score (nSPS) is 28.1. The van der Waals surface area contributed by atoms with Gasteiger partial charge in [-0.15, -0.1) is 0 Å². The summed E-state index contributed by atoms with van der Waals surface area (Å²) in [6.07, 6.45) is -25.8. The molecule has 9 aliphatic rings. The van der Waals surface area contributed by atoms with E-state index in [4.69, 9.17) is 99.4 Å². The standard InChI is InChI=1S/C99H118Cl3N11O30/c1-45(2)28-65(113(7)96(131)135-44-134-74(119)42-107-27-9-26-106-25-8-24-103)92(127)111-80-66(116)32-55(35-73(104)118)90(125)109-78-54-33-70(138-68-22-17-52(82(80)120)30-63(68)101)86(143-95-87(84(122)83(121)72(43-114)140-95)142-76-40-98(6,89(124)47(4)137-76)108-41-48-10-12-49(13-11-48)50-14-19-56(100)20-15-50)71(34-54)139-69-23-18-53(31-64(69)102)85(141-75-39-97(5,105)88(123)46(3)136-75)81-93(128)110-79(94(129)130)60-36-57(115)37-62-77(60)59-29-51(16-21-61(59)99(62,132)133)58(38-67(78)117)91(126)112-81/h10-23,29-31,33-34,36-37,45-47,55,58,65,72,75-76,78-85,87-89,95,106-108,114-115,120-124,132-133H,8-9,24-28,32,35,38-44,103,105H2,1-7H3,(H2,104,118)(H,109,125)(H,110,128)(H,111,127)(H,112,126)(H,129,130)/t46-,47-,55-,58+,65+,72+,75-,76-,78+,79-,80-,81-,82+,83+,84-,85+,87+,88-,89-,95-,97-,98-/m0/s1. The Morgan fingerprint density at radius 1 is 0.664 bits per heavy atom. The van der Waals surface area contributed by atoms with E-state index in [2.05, 4.69) is 37.2 Å². The molecule has 41 nitrogen and oxygen atoms in total. The first-order chi connectivity index (χ1) is 67.8. The number of nitrogens with zero attached hydrogens (tertiary/aromatic N) is 1. The molecule has 0 radical (unpaired) electrons. The van der Waals surface area contributed by atoms with Crippen LogP contribution in [0.1, 0.15) is 168 Å². The minimum Gasteiger partial charge on any atom is -0.508 e. The highest BCUT2D eigenvalue weighted by Gasteiger charge is 2.54. The SMILES string of the molecule is CC(C)C[C@H](C(=O)N[C@H]1C(=O)C[C@@H](CC(N)=O)C(=O)N[C@H]2C(=O)C[C@H]3C(=O)N[C@H](C(=O)N[C@H](C(=O)O)c4cc(O)cc5c4-c4cc3ccc4C5(O)O)[C@H](O[C@H]3C[C@](C)(N)[C@@H](O)[C@H](C)O3)c3ccc(c(Cl)c3)Oc3cc2cc(c3O[C@@H]2O[C@H](CO)[C@@H](O)[C@H](O)[C@H]2O[C@H]2C[C@](C)(NCc3ccc(-c4ccc(Cl)cc4)cc3)[C@@H](O)[C@H](C)O2)Oc2ccc(cc2Cl)[C@H]1O)N(C)C(=O)OCOC(=O)CNCCCNCCCN. The third kappa shape index (κ3) is 24.5. The minimum absolute atomic E-state index is 0.152. The van der Waals surface area contributed by atoms with E-state index < -0.39 is 298 Å². The van der Waals surface area contributed by atoms with Crippen molar-refractivity contribution in [1.29, 1.82) is 0 Å². The molecular formula is C99H118Cl3N11O30. The number of carbonyl (C=O) groups is 10. The molecule has 16 rings (SSSR count). The zero-order valence-corrected chi connectivity index (χ0v) is 81.3. The number of fused-ring (bicyclic) bond motifs is 12. The van der Waals surface area contributed by atoms with Crippen LogP contribution >= 0.6 is 34.8 Å². The van der Waals surface area contributed by atoms with Crippen molar-refractivity contribution in [2.24, 2.45) is 29.0 Å². The van der Waals surface area contributed by atoms with Crippen molar-refractivity contribution >= 4 is 93.9 Å². The monoisotopic (exact) mass is 2050 g/mol. The van der Waals surface area contributed by atoms with E-state index in [0.29, 0.717) is 37.6 Å². The van der Waals surface area contributed by atoms with Gasteiger partial charge < -0.3 is 153 Å². The second-order valence-electron chi connectivity index (χ2n) is 37.8. The predicted octanol–water partition coefficient (Wildman–Crippen LogP) is 4.83. The molecule has 0 unspecified atom stereocenters. The first-order valence-electron chi connectivity index (χ1n) is 46.7. The topological polar surface area (TPSA) is 631 Å². The number of aliphatic hydroxyl groups is 8. The molecule has 7 aromatic carbocycles. The fourth-order valence-electron chi connectivity index (χ4n) is 18.8. The van der Waals surface area contributed by atoms with Gasteiger partial charge in [0.15, 0.2) is 47.8 Å². The number of benzene rings is 7. The van der Waals surface area contributed by atoms with Gasteiger partial charge in [-0.25, -0.2) is 9.59 Å². The highest BCUT2D eigenvalue weighted by atomic mass is 35.5. The van der Waals surface area contributed by atoms with Gasteiger partial charge in [-0.1, -0.05) is 109 Å². The maximum absolute atomic E-state index is 17.0. The summed E-state index contributed by atoms with van der Waals surface area (Å²) in [4.78, 5) is 152. The maximum Gasteiger partial charge on any atom is 0.413 e.